The van der Waals surface area contributed by atoms with Gasteiger partial charge < -0.3 is 4.74 Å². The smallest absolute Gasteiger partial charge is 0.356 e. The summed E-state index contributed by atoms with van der Waals surface area (Å²) in [6.45, 7) is 0. The van der Waals surface area contributed by atoms with E-state index in [0.29, 0.717) is 9.75 Å². The first kappa shape index (κ1) is 17.4. The van der Waals surface area contributed by atoms with Gasteiger partial charge in [-0.05, 0) is 34.0 Å². The predicted octanol–water partition coefficient (Wildman–Crippen LogP) is 6.14. The number of esters is 2. The van der Waals surface area contributed by atoms with Crippen molar-refractivity contribution in [2.75, 3.05) is 0 Å². The number of thiophene rings is 2. The second kappa shape index (κ2) is 7.70. The van der Waals surface area contributed by atoms with E-state index >= 15 is 0 Å². The summed E-state index contributed by atoms with van der Waals surface area (Å²) in [5, 5.41) is 3.65. The molecule has 0 unspecified atom stereocenters. The number of carbonyl (C=O) groups is 2. The number of hydrogen-bond acceptors (Lipinski definition) is 5. The minimum Gasteiger partial charge on any atom is -0.384 e. The Kier molecular flexibility index (Phi) is 4.96. The molecule has 0 aliphatic rings. The minimum absolute atomic E-state index is 0.423. The summed E-state index contributed by atoms with van der Waals surface area (Å²) < 4.78 is 5.21. The Hall–Kier alpha value is -3.02. The minimum atomic E-state index is -0.624. The lowest BCUT2D eigenvalue weighted by Crippen LogP contribution is -2.12. The maximum Gasteiger partial charge on any atom is 0.356 e. The van der Waals surface area contributed by atoms with E-state index in [4.69, 9.17) is 4.74 Å². The van der Waals surface area contributed by atoms with Crippen LogP contribution < -0.4 is 0 Å². The van der Waals surface area contributed by atoms with E-state index in [2.05, 4.69) is 0 Å². The fraction of sp³-hybridized carbons (Fsp3) is 0. The average Bonchev–Trinajstić information content (AvgIpc) is 3.39. The number of rotatable bonds is 4. The molecule has 2 aromatic carbocycles. The lowest BCUT2D eigenvalue weighted by atomic mass is 10.1. The van der Waals surface area contributed by atoms with Crippen LogP contribution in [0, 0.1) is 0 Å². The first-order chi connectivity index (χ1) is 13.2. The van der Waals surface area contributed by atoms with Crippen molar-refractivity contribution in [3.63, 3.8) is 0 Å². The van der Waals surface area contributed by atoms with E-state index in [0.717, 1.165) is 22.3 Å². The van der Waals surface area contributed by atoms with Gasteiger partial charge in [0, 0.05) is 11.1 Å². The number of ether oxygens (including phenoxy) is 1. The molecule has 4 aromatic rings. The van der Waals surface area contributed by atoms with Gasteiger partial charge in [-0.3, -0.25) is 0 Å². The quantitative estimate of drug-likeness (QED) is 0.310. The van der Waals surface area contributed by atoms with Gasteiger partial charge in [-0.15, -0.1) is 22.7 Å². The molecule has 0 fully saturated rings. The van der Waals surface area contributed by atoms with Gasteiger partial charge in [-0.1, -0.05) is 60.7 Å². The van der Waals surface area contributed by atoms with E-state index in [9.17, 15) is 9.59 Å². The lowest BCUT2D eigenvalue weighted by molar-refractivity contribution is 0.0406. The van der Waals surface area contributed by atoms with Crippen LogP contribution in [0.15, 0.2) is 83.6 Å². The number of carbonyl (C=O) groups excluding carboxylic acids is 2. The Bertz CT molecular complexity index is 991. The summed E-state index contributed by atoms with van der Waals surface area (Å²) >= 11 is 2.54. The number of hydrogen-bond donors (Lipinski definition) is 0. The van der Waals surface area contributed by atoms with Crippen LogP contribution in [0.3, 0.4) is 0 Å². The van der Waals surface area contributed by atoms with Crippen LogP contribution >= 0.6 is 22.7 Å². The van der Waals surface area contributed by atoms with Gasteiger partial charge >= 0.3 is 11.9 Å². The Morgan fingerprint density at radius 1 is 0.593 bits per heavy atom. The van der Waals surface area contributed by atoms with Gasteiger partial charge in [0.15, 0.2) is 0 Å². The molecule has 0 aliphatic carbocycles. The molecule has 0 spiro atoms. The van der Waals surface area contributed by atoms with Crippen LogP contribution in [-0.4, -0.2) is 11.9 Å². The van der Waals surface area contributed by atoms with Gasteiger partial charge in [0.2, 0.25) is 0 Å². The molecular weight excluding hydrogens is 376 g/mol. The fourth-order valence-corrected chi connectivity index (χ4v) is 4.38. The average molecular weight is 390 g/mol. The number of benzene rings is 2. The Labute approximate surface area is 164 Å². The van der Waals surface area contributed by atoms with Crippen LogP contribution in [0.1, 0.15) is 19.3 Å². The Balaban J connectivity index is 1.58. The van der Waals surface area contributed by atoms with E-state index in [-0.39, 0.29) is 0 Å². The molecule has 2 heterocycles. The highest BCUT2D eigenvalue weighted by Crippen LogP contribution is 2.31. The van der Waals surface area contributed by atoms with Crippen molar-refractivity contribution < 1.29 is 14.3 Å². The van der Waals surface area contributed by atoms with E-state index in [1.54, 1.807) is 0 Å². The topological polar surface area (TPSA) is 43.4 Å². The van der Waals surface area contributed by atoms with Crippen molar-refractivity contribution in [3.8, 4) is 22.3 Å². The van der Waals surface area contributed by atoms with Gasteiger partial charge in [-0.25, -0.2) is 9.59 Å². The molecule has 4 rings (SSSR count). The molecule has 2 aromatic heterocycles. The standard InChI is InChI=1S/C22H14O3S2/c23-21(19-17(11-13-26-19)15-7-3-1-4-8-15)25-22(24)20-18(12-14-27-20)16-9-5-2-6-10-16/h1-14H. The maximum absolute atomic E-state index is 12.6. The van der Waals surface area contributed by atoms with Crippen molar-refractivity contribution in [1.82, 2.24) is 0 Å². The molecule has 3 nitrogen and oxygen atoms in total. The first-order valence-electron chi connectivity index (χ1n) is 8.26. The zero-order valence-corrected chi connectivity index (χ0v) is 15.8. The highest BCUT2D eigenvalue weighted by atomic mass is 32.1. The summed E-state index contributed by atoms with van der Waals surface area (Å²) in [6.07, 6.45) is 0. The largest absolute Gasteiger partial charge is 0.384 e. The molecule has 0 saturated heterocycles. The third kappa shape index (κ3) is 3.60. The van der Waals surface area contributed by atoms with Gasteiger partial charge in [0.25, 0.3) is 0 Å². The molecule has 132 valence electrons. The molecule has 0 radical (unpaired) electrons. The molecule has 0 aliphatic heterocycles. The van der Waals surface area contributed by atoms with Gasteiger partial charge in [-0.2, -0.15) is 0 Å². The molecule has 5 heteroatoms. The zero-order chi connectivity index (χ0) is 18.6. The van der Waals surface area contributed by atoms with E-state index in [1.165, 1.54) is 22.7 Å². The van der Waals surface area contributed by atoms with Crippen LogP contribution in [0.4, 0.5) is 0 Å². The zero-order valence-electron chi connectivity index (χ0n) is 14.1. The monoisotopic (exact) mass is 390 g/mol. The highest BCUT2D eigenvalue weighted by Gasteiger charge is 2.23. The van der Waals surface area contributed by atoms with Gasteiger partial charge in [0.05, 0.1) is 0 Å². The molecular formula is C22H14O3S2. The third-order valence-corrected chi connectivity index (χ3v) is 5.85. The fourth-order valence-electron chi connectivity index (χ4n) is 2.80. The second-order valence-electron chi connectivity index (χ2n) is 5.74. The van der Waals surface area contributed by atoms with Crippen LogP contribution in [0.2, 0.25) is 0 Å². The molecule has 0 amide bonds. The van der Waals surface area contributed by atoms with E-state index < -0.39 is 11.9 Å². The molecule has 0 saturated carbocycles. The molecule has 0 atom stereocenters. The van der Waals surface area contributed by atoms with Crippen molar-refractivity contribution in [2.24, 2.45) is 0 Å². The summed E-state index contributed by atoms with van der Waals surface area (Å²) in [5.74, 6) is -1.25. The summed E-state index contributed by atoms with van der Waals surface area (Å²) in [7, 11) is 0. The van der Waals surface area contributed by atoms with Crippen LogP contribution in [0.25, 0.3) is 22.3 Å². The van der Waals surface area contributed by atoms with Crippen molar-refractivity contribution in [1.29, 1.82) is 0 Å². The van der Waals surface area contributed by atoms with Crippen molar-refractivity contribution in [3.05, 3.63) is 93.3 Å². The van der Waals surface area contributed by atoms with Crippen LogP contribution in [-0.2, 0) is 4.74 Å². The third-order valence-electron chi connectivity index (χ3n) is 4.06. The highest BCUT2D eigenvalue weighted by molar-refractivity contribution is 7.13. The van der Waals surface area contributed by atoms with Crippen LogP contribution in [0.5, 0.6) is 0 Å². The SMILES string of the molecule is O=C(OC(=O)c1sccc1-c1ccccc1)c1sccc1-c1ccccc1. The van der Waals surface area contributed by atoms with Crippen molar-refractivity contribution in [2.45, 2.75) is 0 Å². The lowest BCUT2D eigenvalue weighted by Gasteiger charge is -2.06. The Morgan fingerprint density at radius 2 is 1.00 bits per heavy atom. The van der Waals surface area contributed by atoms with Crippen molar-refractivity contribution >= 4 is 34.6 Å². The Morgan fingerprint density at radius 3 is 1.41 bits per heavy atom. The molecule has 27 heavy (non-hydrogen) atoms. The first-order valence-corrected chi connectivity index (χ1v) is 10.0. The normalized spacial score (nSPS) is 10.5. The maximum atomic E-state index is 12.6. The summed E-state index contributed by atoms with van der Waals surface area (Å²) in [4.78, 5) is 26.1. The van der Waals surface area contributed by atoms with E-state index in [1.807, 2.05) is 83.6 Å². The van der Waals surface area contributed by atoms with Gasteiger partial charge in [0.1, 0.15) is 9.75 Å². The molecule has 0 N–H and O–H groups in total. The molecule has 0 bridgehead atoms. The summed E-state index contributed by atoms with van der Waals surface area (Å²) in [5.41, 5.74) is 3.37. The second-order valence-corrected chi connectivity index (χ2v) is 7.57. The predicted molar refractivity (Wildman–Crippen MR) is 109 cm³/mol. The summed E-state index contributed by atoms with van der Waals surface area (Å²) in [6, 6.07) is 22.9.